The number of nitrogens with zero attached hydrogens (tertiary/aromatic N) is 1. The molecule has 0 N–H and O–H groups in total. The molecule has 1 aliphatic heterocycles. The Morgan fingerprint density at radius 2 is 1.76 bits per heavy atom. The van der Waals surface area contributed by atoms with Crippen LogP contribution < -0.4 is 0 Å². The third-order valence-corrected chi connectivity index (χ3v) is 4.60. The van der Waals surface area contributed by atoms with Crippen LogP contribution in [0.15, 0.2) is 73.3 Å². The van der Waals surface area contributed by atoms with Crippen LogP contribution in [0.1, 0.15) is 36.8 Å². The van der Waals surface area contributed by atoms with Crippen molar-refractivity contribution in [1.82, 2.24) is 5.06 Å². The van der Waals surface area contributed by atoms with Crippen molar-refractivity contribution in [3.05, 3.63) is 84.4 Å². The Kier molecular flexibility index (Phi) is 6.06. The Bertz CT molecular complexity index is 729. The van der Waals surface area contributed by atoms with Gasteiger partial charge in [-0.25, -0.2) is 0 Å². The van der Waals surface area contributed by atoms with E-state index in [4.69, 9.17) is 4.84 Å². The van der Waals surface area contributed by atoms with Crippen LogP contribution in [0.5, 0.6) is 0 Å². The molecule has 0 spiro atoms. The van der Waals surface area contributed by atoms with Crippen molar-refractivity contribution in [2.75, 3.05) is 6.54 Å². The van der Waals surface area contributed by atoms with Crippen molar-refractivity contribution >= 4 is 0 Å². The second kappa shape index (κ2) is 8.67. The van der Waals surface area contributed by atoms with Crippen molar-refractivity contribution in [3.8, 4) is 11.8 Å². The molecule has 0 amide bonds. The number of hydrogen-bond donors (Lipinski definition) is 0. The summed E-state index contributed by atoms with van der Waals surface area (Å²) >= 11 is 0. The largest absolute Gasteiger partial charge is 0.293 e. The van der Waals surface area contributed by atoms with Crippen molar-refractivity contribution in [3.63, 3.8) is 0 Å². The lowest BCUT2D eigenvalue weighted by Crippen LogP contribution is -2.50. The van der Waals surface area contributed by atoms with Crippen molar-refractivity contribution in [2.24, 2.45) is 0 Å². The smallest absolute Gasteiger partial charge is 0.110 e. The lowest BCUT2D eigenvalue weighted by atomic mass is 9.85. The number of benzene rings is 2. The third kappa shape index (κ3) is 4.60. The van der Waals surface area contributed by atoms with Gasteiger partial charge in [0.1, 0.15) is 5.54 Å². The summed E-state index contributed by atoms with van der Waals surface area (Å²) in [6.45, 7) is 5.44. The Morgan fingerprint density at radius 1 is 1.04 bits per heavy atom. The van der Waals surface area contributed by atoms with Gasteiger partial charge in [0.05, 0.1) is 6.61 Å². The molecule has 0 aliphatic carbocycles. The normalized spacial score (nSPS) is 20.5. The van der Waals surface area contributed by atoms with Gasteiger partial charge < -0.3 is 0 Å². The van der Waals surface area contributed by atoms with Crippen molar-refractivity contribution in [1.29, 1.82) is 0 Å². The fourth-order valence-corrected chi connectivity index (χ4v) is 3.25. The monoisotopic (exact) mass is 331 g/mol. The molecule has 2 aromatic carbocycles. The van der Waals surface area contributed by atoms with Crippen molar-refractivity contribution < 1.29 is 4.84 Å². The summed E-state index contributed by atoms with van der Waals surface area (Å²) in [5, 5.41) is 2.10. The number of rotatable bonds is 5. The highest BCUT2D eigenvalue weighted by Crippen LogP contribution is 2.32. The van der Waals surface area contributed by atoms with Gasteiger partial charge in [-0.15, -0.1) is 6.58 Å². The van der Waals surface area contributed by atoms with Crippen LogP contribution in [0.25, 0.3) is 0 Å². The van der Waals surface area contributed by atoms with Crippen LogP contribution in [-0.4, -0.2) is 17.1 Å². The first-order valence-electron chi connectivity index (χ1n) is 8.96. The summed E-state index contributed by atoms with van der Waals surface area (Å²) < 4.78 is 0. The van der Waals surface area contributed by atoms with Gasteiger partial charge in [0.25, 0.3) is 0 Å². The molecule has 2 nitrogen and oxygen atoms in total. The topological polar surface area (TPSA) is 12.5 Å². The van der Waals surface area contributed by atoms with Gasteiger partial charge in [-0.1, -0.05) is 66.4 Å². The summed E-state index contributed by atoms with van der Waals surface area (Å²) in [5.74, 6) is 6.87. The number of piperidine rings is 1. The van der Waals surface area contributed by atoms with Crippen LogP contribution in [-0.2, 0) is 11.4 Å². The van der Waals surface area contributed by atoms with E-state index in [1.165, 1.54) is 12.0 Å². The van der Waals surface area contributed by atoms with Gasteiger partial charge in [-0.05, 0) is 43.4 Å². The van der Waals surface area contributed by atoms with E-state index in [1.54, 1.807) is 0 Å². The molecule has 1 fully saturated rings. The predicted molar refractivity (Wildman–Crippen MR) is 103 cm³/mol. The lowest BCUT2D eigenvalue weighted by Gasteiger charge is -2.42. The summed E-state index contributed by atoms with van der Waals surface area (Å²) in [7, 11) is 0. The van der Waals surface area contributed by atoms with E-state index < -0.39 is 0 Å². The van der Waals surface area contributed by atoms with Gasteiger partial charge in [-0.3, -0.25) is 4.84 Å². The molecule has 1 heterocycles. The fourth-order valence-electron chi connectivity index (χ4n) is 3.25. The average Bonchev–Trinajstić information content (AvgIpc) is 2.68. The molecule has 0 saturated carbocycles. The minimum absolute atomic E-state index is 0.287. The van der Waals surface area contributed by atoms with E-state index in [1.807, 2.05) is 54.6 Å². The van der Waals surface area contributed by atoms with E-state index in [-0.39, 0.29) is 5.54 Å². The molecule has 25 heavy (non-hydrogen) atoms. The first-order chi connectivity index (χ1) is 12.3. The van der Waals surface area contributed by atoms with Gasteiger partial charge in [0.15, 0.2) is 0 Å². The van der Waals surface area contributed by atoms with Crippen LogP contribution in [0.3, 0.4) is 0 Å². The highest BCUT2D eigenvalue weighted by molar-refractivity contribution is 5.37. The molecule has 1 saturated heterocycles. The van der Waals surface area contributed by atoms with Crippen LogP contribution >= 0.6 is 0 Å². The second-order valence-corrected chi connectivity index (χ2v) is 6.46. The van der Waals surface area contributed by atoms with Gasteiger partial charge >= 0.3 is 0 Å². The Morgan fingerprint density at radius 3 is 2.48 bits per heavy atom. The van der Waals surface area contributed by atoms with E-state index >= 15 is 0 Å². The van der Waals surface area contributed by atoms with Gasteiger partial charge in [0.2, 0.25) is 0 Å². The molecule has 0 bridgehead atoms. The molecule has 0 radical (unpaired) electrons. The van der Waals surface area contributed by atoms with E-state index in [2.05, 4.69) is 35.6 Å². The summed E-state index contributed by atoms with van der Waals surface area (Å²) in [6.07, 6.45) is 6.09. The zero-order chi connectivity index (χ0) is 17.4. The zero-order valence-corrected chi connectivity index (χ0v) is 14.7. The van der Waals surface area contributed by atoms with Crippen LogP contribution in [0, 0.1) is 11.8 Å². The zero-order valence-electron chi connectivity index (χ0n) is 14.7. The molecular formula is C23H25NO. The molecule has 1 aliphatic rings. The second-order valence-electron chi connectivity index (χ2n) is 6.46. The van der Waals surface area contributed by atoms with E-state index in [0.717, 1.165) is 31.4 Å². The number of hydrogen-bond acceptors (Lipinski definition) is 2. The van der Waals surface area contributed by atoms with Gasteiger partial charge in [-0.2, -0.15) is 5.06 Å². The van der Waals surface area contributed by atoms with Crippen LogP contribution in [0.4, 0.5) is 0 Å². The molecule has 0 aromatic heterocycles. The molecule has 2 aromatic rings. The Hall–Kier alpha value is -2.34. The number of hydroxylamine groups is 2. The molecule has 3 rings (SSSR count). The molecular weight excluding hydrogens is 306 g/mol. The molecule has 128 valence electrons. The third-order valence-electron chi connectivity index (χ3n) is 4.60. The summed E-state index contributed by atoms with van der Waals surface area (Å²) in [5.41, 5.74) is 1.93. The summed E-state index contributed by atoms with van der Waals surface area (Å²) in [4.78, 5) is 6.21. The standard InChI is InChI=1S/C23H25NO/c1-2-16-23(18-15-21-11-5-3-6-12-21)17-9-10-19-24(23)25-20-22-13-7-4-8-14-22/h2-8,11-14H,1,9-10,16-17,19-20H2/t23-/m0/s1. The lowest BCUT2D eigenvalue weighted by molar-refractivity contribution is -0.227. The first-order valence-corrected chi connectivity index (χ1v) is 8.96. The highest BCUT2D eigenvalue weighted by atomic mass is 16.7. The Labute approximate surface area is 151 Å². The average molecular weight is 331 g/mol. The maximum Gasteiger partial charge on any atom is 0.110 e. The maximum atomic E-state index is 6.21. The van der Waals surface area contributed by atoms with E-state index in [9.17, 15) is 0 Å². The van der Waals surface area contributed by atoms with Gasteiger partial charge in [0, 0.05) is 12.1 Å². The summed E-state index contributed by atoms with van der Waals surface area (Å²) in [6, 6.07) is 20.5. The molecule has 2 heteroatoms. The van der Waals surface area contributed by atoms with Crippen molar-refractivity contribution in [2.45, 2.75) is 37.8 Å². The quantitative estimate of drug-likeness (QED) is 0.566. The first kappa shape index (κ1) is 17.5. The Balaban J connectivity index is 1.80. The van der Waals surface area contributed by atoms with Crippen LogP contribution in [0.2, 0.25) is 0 Å². The maximum absolute atomic E-state index is 6.21. The molecule has 1 atom stereocenters. The fraction of sp³-hybridized carbons (Fsp3) is 0.304. The van der Waals surface area contributed by atoms with E-state index in [0.29, 0.717) is 6.61 Å². The minimum atomic E-state index is -0.287. The minimum Gasteiger partial charge on any atom is -0.293 e. The highest BCUT2D eigenvalue weighted by Gasteiger charge is 2.37. The SMILES string of the molecule is C=CC[C@@]1(C#Cc2ccccc2)CCCCN1OCc1ccccc1. The predicted octanol–water partition coefficient (Wildman–Crippen LogP) is 4.97. The molecule has 0 unspecified atom stereocenters.